The van der Waals surface area contributed by atoms with Gasteiger partial charge in [-0.1, -0.05) is 33.3 Å². The second-order valence-electron chi connectivity index (χ2n) is 4.97. The molecule has 0 N–H and O–H groups in total. The van der Waals surface area contributed by atoms with Gasteiger partial charge in [-0.05, 0) is 30.6 Å². The lowest BCUT2D eigenvalue weighted by Crippen LogP contribution is -2.11. The van der Waals surface area contributed by atoms with E-state index in [0.717, 1.165) is 12.7 Å². The first-order valence-electron chi connectivity index (χ1n) is 5.58. The molecule has 0 saturated carbocycles. The van der Waals surface area contributed by atoms with Crippen molar-refractivity contribution >= 4 is 6.29 Å². The highest BCUT2D eigenvalue weighted by Gasteiger charge is 2.16. The second kappa shape index (κ2) is 6.80. The van der Waals surface area contributed by atoms with Gasteiger partial charge >= 0.3 is 0 Å². The summed E-state index contributed by atoms with van der Waals surface area (Å²) in [7, 11) is 0. The molecule has 0 aromatic heterocycles. The van der Waals surface area contributed by atoms with Gasteiger partial charge in [-0.25, -0.2) is 0 Å². The van der Waals surface area contributed by atoms with Crippen LogP contribution in [-0.4, -0.2) is 6.29 Å². The molecule has 1 unspecified atom stereocenters. The van der Waals surface area contributed by atoms with Crippen LogP contribution in [0.2, 0.25) is 0 Å². The Morgan fingerprint density at radius 1 is 1.36 bits per heavy atom. The zero-order valence-corrected chi connectivity index (χ0v) is 9.88. The lowest BCUT2D eigenvalue weighted by atomic mass is 9.82. The average Bonchev–Trinajstić information content (AvgIpc) is 2.14. The Morgan fingerprint density at radius 3 is 2.50 bits per heavy atom. The van der Waals surface area contributed by atoms with E-state index in [0.29, 0.717) is 17.8 Å². The smallest absolute Gasteiger partial charge is 0.120 e. The molecule has 14 heavy (non-hydrogen) atoms. The summed E-state index contributed by atoms with van der Waals surface area (Å²) in [5.41, 5.74) is 0.321. The highest BCUT2D eigenvalue weighted by Crippen LogP contribution is 2.29. The number of carbonyl (C=O) groups is 1. The van der Waals surface area contributed by atoms with Crippen LogP contribution in [0.3, 0.4) is 0 Å². The zero-order valence-electron chi connectivity index (χ0n) is 9.88. The van der Waals surface area contributed by atoms with E-state index in [1.807, 2.05) is 6.08 Å². The molecule has 1 heteroatoms. The molecule has 0 radical (unpaired) electrons. The fourth-order valence-electron chi connectivity index (χ4n) is 1.60. The van der Waals surface area contributed by atoms with E-state index in [9.17, 15) is 4.79 Å². The highest BCUT2D eigenvalue weighted by molar-refractivity contribution is 5.49. The Morgan fingerprint density at radius 2 is 2.00 bits per heavy atom. The minimum Gasteiger partial charge on any atom is -0.303 e. The maximum atomic E-state index is 10.3. The molecule has 0 heterocycles. The monoisotopic (exact) mass is 196 g/mol. The standard InChI is InChI=1S/C13H24O/c1-5-12(2)8-6-9-13(3,4)10-7-11-14/h5,11-12H,1,6-10H2,2-4H3. The summed E-state index contributed by atoms with van der Waals surface area (Å²) in [6.45, 7) is 10.5. The number of rotatable bonds is 8. The van der Waals surface area contributed by atoms with Crippen LogP contribution in [0.1, 0.15) is 52.9 Å². The largest absolute Gasteiger partial charge is 0.303 e. The van der Waals surface area contributed by atoms with Gasteiger partial charge in [0.05, 0.1) is 0 Å². The molecular weight excluding hydrogens is 172 g/mol. The number of allylic oxidation sites excluding steroid dienone is 1. The van der Waals surface area contributed by atoms with Gasteiger partial charge in [-0.3, -0.25) is 0 Å². The van der Waals surface area contributed by atoms with Crippen molar-refractivity contribution in [3.63, 3.8) is 0 Å². The van der Waals surface area contributed by atoms with Crippen LogP contribution in [0.15, 0.2) is 12.7 Å². The fraction of sp³-hybridized carbons (Fsp3) is 0.769. The summed E-state index contributed by atoms with van der Waals surface area (Å²) < 4.78 is 0. The number of aldehydes is 1. The first kappa shape index (κ1) is 13.4. The Balaban J connectivity index is 3.63. The van der Waals surface area contributed by atoms with Crippen LogP contribution < -0.4 is 0 Å². The van der Waals surface area contributed by atoms with Crippen molar-refractivity contribution in [1.29, 1.82) is 0 Å². The predicted octanol–water partition coefficient (Wildman–Crippen LogP) is 3.98. The Bertz CT molecular complexity index is 170. The van der Waals surface area contributed by atoms with Gasteiger partial charge in [0.25, 0.3) is 0 Å². The molecule has 0 aliphatic rings. The van der Waals surface area contributed by atoms with Gasteiger partial charge in [0.2, 0.25) is 0 Å². The Hall–Kier alpha value is -0.590. The minimum atomic E-state index is 0.321. The van der Waals surface area contributed by atoms with Gasteiger partial charge in [0, 0.05) is 6.42 Å². The fourth-order valence-corrected chi connectivity index (χ4v) is 1.60. The van der Waals surface area contributed by atoms with E-state index < -0.39 is 0 Å². The predicted molar refractivity (Wildman–Crippen MR) is 62.3 cm³/mol. The van der Waals surface area contributed by atoms with E-state index in [2.05, 4.69) is 27.4 Å². The first-order chi connectivity index (χ1) is 6.52. The van der Waals surface area contributed by atoms with Gasteiger partial charge < -0.3 is 4.79 Å². The Labute approximate surface area is 88.6 Å². The van der Waals surface area contributed by atoms with Crippen LogP contribution in [0.25, 0.3) is 0 Å². The highest BCUT2D eigenvalue weighted by atomic mass is 16.1. The van der Waals surface area contributed by atoms with Crippen LogP contribution in [0.5, 0.6) is 0 Å². The minimum absolute atomic E-state index is 0.321. The van der Waals surface area contributed by atoms with Crippen LogP contribution in [-0.2, 0) is 4.79 Å². The third-order valence-corrected chi connectivity index (χ3v) is 2.85. The molecule has 0 aromatic rings. The summed E-state index contributed by atoms with van der Waals surface area (Å²) in [5, 5.41) is 0. The first-order valence-corrected chi connectivity index (χ1v) is 5.58. The lowest BCUT2D eigenvalue weighted by molar-refractivity contribution is -0.108. The summed E-state index contributed by atoms with van der Waals surface area (Å²) in [6.07, 6.45) is 8.40. The van der Waals surface area contributed by atoms with Crippen molar-refractivity contribution in [3.8, 4) is 0 Å². The molecule has 0 amide bonds. The zero-order chi connectivity index (χ0) is 11.0. The van der Waals surface area contributed by atoms with E-state index in [4.69, 9.17) is 0 Å². The van der Waals surface area contributed by atoms with Gasteiger partial charge in [0.15, 0.2) is 0 Å². The maximum Gasteiger partial charge on any atom is 0.120 e. The van der Waals surface area contributed by atoms with Crippen molar-refractivity contribution in [2.45, 2.75) is 52.9 Å². The molecule has 0 aliphatic heterocycles. The Kier molecular flexibility index (Phi) is 6.52. The van der Waals surface area contributed by atoms with Gasteiger partial charge in [0.1, 0.15) is 6.29 Å². The van der Waals surface area contributed by atoms with Crippen LogP contribution in [0, 0.1) is 11.3 Å². The molecule has 0 aliphatic carbocycles. The topological polar surface area (TPSA) is 17.1 Å². The number of hydrogen-bond acceptors (Lipinski definition) is 1. The number of hydrogen-bond donors (Lipinski definition) is 0. The van der Waals surface area contributed by atoms with Crippen molar-refractivity contribution in [2.75, 3.05) is 0 Å². The molecule has 1 atom stereocenters. The molecule has 1 nitrogen and oxygen atoms in total. The van der Waals surface area contributed by atoms with Crippen molar-refractivity contribution in [3.05, 3.63) is 12.7 Å². The van der Waals surface area contributed by atoms with Crippen molar-refractivity contribution < 1.29 is 4.79 Å². The van der Waals surface area contributed by atoms with E-state index in [-0.39, 0.29) is 0 Å². The van der Waals surface area contributed by atoms with Gasteiger partial charge in [-0.15, -0.1) is 6.58 Å². The molecule has 0 spiro atoms. The molecule has 0 fully saturated rings. The average molecular weight is 196 g/mol. The van der Waals surface area contributed by atoms with E-state index >= 15 is 0 Å². The molecule has 0 bridgehead atoms. The SMILES string of the molecule is C=CC(C)CCCC(C)(C)CCC=O. The number of carbonyl (C=O) groups excluding carboxylic acids is 1. The summed E-state index contributed by atoms with van der Waals surface area (Å²) in [6, 6.07) is 0. The molecule has 0 rings (SSSR count). The third-order valence-electron chi connectivity index (χ3n) is 2.85. The van der Waals surface area contributed by atoms with Crippen LogP contribution in [0.4, 0.5) is 0 Å². The van der Waals surface area contributed by atoms with Gasteiger partial charge in [-0.2, -0.15) is 0 Å². The molecule has 0 aromatic carbocycles. The van der Waals surface area contributed by atoms with Crippen LogP contribution >= 0.6 is 0 Å². The van der Waals surface area contributed by atoms with E-state index in [1.165, 1.54) is 19.3 Å². The second-order valence-corrected chi connectivity index (χ2v) is 4.97. The third kappa shape index (κ3) is 6.88. The molecule has 0 saturated heterocycles. The maximum absolute atomic E-state index is 10.3. The lowest BCUT2D eigenvalue weighted by Gasteiger charge is -2.23. The summed E-state index contributed by atoms with van der Waals surface area (Å²) >= 11 is 0. The van der Waals surface area contributed by atoms with Crippen molar-refractivity contribution in [2.24, 2.45) is 11.3 Å². The quantitative estimate of drug-likeness (QED) is 0.424. The van der Waals surface area contributed by atoms with E-state index in [1.54, 1.807) is 0 Å². The summed E-state index contributed by atoms with van der Waals surface area (Å²) in [5.74, 6) is 0.622. The summed E-state index contributed by atoms with van der Waals surface area (Å²) in [4.78, 5) is 10.3. The molecular formula is C13H24O. The molecule has 82 valence electrons. The normalized spacial score (nSPS) is 13.6. The van der Waals surface area contributed by atoms with Crippen molar-refractivity contribution in [1.82, 2.24) is 0 Å².